The van der Waals surface area contributed by atoms with E-state index in [-0.39, 0.29) is 17.8 Å². The van der Waals surface area contributed by atoms with Crippen LogP contribution in [0, 0.1) is 5.82 Å². The van der Waals surface area contributed by atoms with Gasteiger partial charge in [0.2, 0.25) is 0 Å². The molecule has 0 spiro atoms. The van der Waals surface area contributed by atoms with E-state index >= 15 is 0 Å². The standard InChI is InChI=1S/C13H19FN4O/c1-9(2)17-7-3-4-11(17)13(19)18(15)12-6-5-10(14)8-16-12/h5-6,8-9,11H,3-4,7,15H2,1-2H3/t11-/m0/s1. The second kappa shape index (κ2) is 5.63. The molecule has 0 radical (unpaired) electrons. The molecule has 0 saturated carbocycles. The zero-order valence-electron chi connectivity index (χ0n) is 11.2. The van der Waals surface area contributed by atoms with E-state index in [1.54, 1.807) is 0 Å². The van der Waals surface area contributed by atoms with Crippen LogP contribution in [0.5, 0.6) is 0 Å². The van der Waals surface area contributed by atoms with E-state index in [1.165, 1.54) is 12.1 Å². The Labute approximate surface area is 112 Å². The molecule has 0 aromatic carbocycles. The van der Waals surface area contributed by atoms with Crippen LogP contribution in [0.15, 0.2) is 18.3 Å². The molecule has 1 aliphatic rings. The molecule has 1 saturated heterocycles. The number of aromatic nitrogens is 1. The predicted molar refractivity (Wildman–Crippen MR) is 70.7 cm³/mol. The van der Waals surface area contributed by atoms with Crippen LogP contribution in [0.3, 0.4) is 0 Å². The van der Waals surface area contributed by atoms with Crippen LogP contribution >= 0.6 is 0 Å². The van der Waals surface area contributed by atoms with Crippen molar-refractivity contribution < 1.29 is 9.18 Å². The number of nitrogens with zero attached hydrogens (tertiary/aromatic N) is 3. The average molecular weight is 266 g/mol. The van der Waals surface area contributed by atoms with Gasteiger partial charge < -0.3 is 0 Å². The van der Waals surface area contributed by atoms with Crippen LogP contribution in [0.4, 0.5) is 10.2 Å². The van der Waals surface area contributed by atoms with Crippen LogP contribution in [0.25, 0.3) is 0 Å². The normalized spacial score (nSPS) is 19.9. The molecule has 1 aromatic rings. The van der Waals surface area contributed by atoms with Crippen LogP contribution in [0.1, 0.15) is 26.7 Å². The Morgan fingerprint density at radius 3 is 2.89 bits per heavy atom. The van der Waals surface area contributed by atoms with Crippen molar-refractivity contribution >= 4 is 11.7 Å². The lowest BCUT2D eigenvalue weighted by atomic mass is 10.2. The summed E-state index contributed by atoms with van der Waals surface area (Å²) in [7, 11) is 0. The Hall–Kier alpha value is -1.53. The highest BCUT2D eigenvalue weighted by molar-refractivity contribution is 5.95. The van der Waals surface area contributed by atoms with Crippen molar-refractivity contribution in [3.8, 4) is 0 Å². The third-order valence-corrected chi connectivity index (χ3v) is 3.44. The first-order valence-electron chi connectivity index (χ1n) is 6.46. The van der Waals surface area contributed by atoms with Crippen molar-refractivity contribution in [1.82, 2.24) is 9.88 Å². The van der Waals surface area contributed by atoms with E-state index in [0.717, 1.165) is 30.6 Å². The number of carbonyl (C=O) groups is 1. The number of hydrogen-bond acceptors (Lipinski definition) is 4. The van der Waals surface area contributed by atoms with Crippen molar-refractivity contribution in [1.29, 1.82) is 0 Å². The molecular formula is C13H19FN4O. The zero-order valence-corrected chi connectivity index (χ0v) is 11.2. The highest BCUT2D eigenvalue weighted by Crippen LogP contribution is 2.22. The van der Waals surface area contributed by atoms with E-state index in [4.69, 9.17) is 5.84 Å². The lowest BCUT2D eigenvalue weighted by molar-refractivity contribution is -0.123. The summed E-state index contributed by atoms with van der Waals surface area (Å²) in [6.07, 6.45) is 2.84. The van der Waals surface area contributed by atoms with Crippen molar-refractivity contribution in [2.75, 3.05) is 11.6 Å². The number of rotatable bonds is 3. The number of pyridine rings is 1. The maximum Gasteiger partial charge on any atom is 0.259 e. The topological polar surface area (TPSA) is 62.5 Å². The summed E-state index contributed by atoms with van der Waals surface area (Å²) < 4.78 is 12.8. The molecule has 104 valence electrons. The fourth-order valence-corrected chi connectivity index (χ4v) is 2.46. The third kappa shape index (κ3) is 2.90. The number of halogens is 1. The van der Waals surface area contributed by atoms with Crippen LogP contribution < -0.4 is 10.9 Å². The zero-order chi connectivity index (χ0) is 14.0. The molecule has 2 rings (SSSR count). The summed E-state index contributed by atoms with van der Waals surface area (Å²) in [5.74, 6) is 5.43. The Morgan fingerprint density at radius 2 is 2.32 bits per heavy atom. The van der Waals surface area contributed by atoms with Crippen molar-refractivity contribution in [3.63, 3.8) is 0 Å². The molecule has 1 aliphatic heterocycles. The molecule has 5 nitrogen and oxygen atoms in total. The quantitative estimate of drug-likeness (QED) is 0.509. The summed E-state index contributed by atoms with van der Waals surface area (Å²) in [5, 5.41) is 1.02. The van der Waals surface area contributed by atoms with Crippen molar-refractivity contribution in [2.45, 2.75) is 38.8 Å². The van der Waals surface area contributed by atoms with Gasteiger partial charge in [-0.3, -0.25) is 9.69 Å². The number of likely N-dealkylation sites (tertiary alicyclic amines) is 1. The predicted octanol–water partition coefficient (Wildman–Crippen LogP) is 1.30. The highest BCUT2D eigenvalue weighted by Gasteiger charge is 2.34. The second-order valence-electron chi connectivity index (χ2n) is 5.03. The summed E-state index contributed by atoms with van der Waals surface area (Å²) in [5.41, 5.74) is 0. The van der Waals surface area contributed by atoms with Gasteiger partial charge in [0.1, 0.15) is 11.6 Å². The highest BCUT2D eigenvalue weighted by atomic mass is 19.1. The van der Waals surface area contributed by atoms with Gasteiger partial charge in [-0.2, -0.15) is 0 Å². The lowest BCUT2D eigenvalue weighted by Crippen LogP contribution is -2.51. The maximum absolute atomic E-state index is 12.8. The molecule has 0 aliphatic carbocycles. The smallest absolute Gasteiger partial charge is 0.259 e. The van der Waals surface area contributed by atoms with Gasteiger partial charge in [0.05, 0.1) is 12.2 Å². The van der Waals surface area contributed by atoms with Gasteiger partial charge in [-0.1, -0.05) is 0 Å². The van der Waals surface area contributed by atoms with Crippen molar-refractivity contribution in [3.05, 3.63) is 24.1 Å². The number of carbonyl (C=O) groups excluding carboxylic acids is 1. The molecule has 1 aromatic heterocycles. The molecule has 2 N–H and O–H groups in total. The lowest BCUT2D eigenvalue weighted by Gasteiger charge is -2.29. The number of nitrogens with two attached hydrogens (primary N) is 1. The van der Waals surface area contributed by atoms with Gasteiger partial charge in [-0.05, 0) is 45.4 Å². The van der Waals surface area contributed by atoms with Gasteiger partial charge in [-0.25, -0.2) is 20.2 Å². The number of hydrogen-bond donors (Lipinski definition) is 1. The third-order valence-electron chi connectivity index (χ3n) is 3.44. The van der Waals surface area contributed by atoms with Gasteiger partial charge in [0.25, 0.3) is 5.91 Å². The van der Waals surface area contributed by atoms with Gasteiger partial charge in [-0.15, -0.1) is 0 Å². The minimum Gasteiger partial charge on any atom is -0.289 e. The van der Waals surface area contributed by atoms with Gasteiger partial charge in [0, 0.05) is 6.04 Å². The Bertz CT molecular complexity index is 448. The Balaban J connectivity index is 2.12. The largest absolute Gasteiger partial charge is 0.289 e. The number of amides is 1. The minimum atomic E-state index is -0.450. The molecule has 0 bridgehead atoms. The molecular weight excluding hydrogens is 247 g/mol. The van der Waals surface area contributed by atoms with Crippen molar-refractivity contribution in [2.24, 2.45) is 5.84 Å². The molecule has 1 amide bonds. The Kier molecular flexibility index (Phi) is 4.11. The monoisotopic (exact) mass is 266 g/mol. The molecule has 6 heteroatoms. The number of hydrazine groups is 1. The first-order valence-corrected chi connectivity index (χ1v) is 6.46. The minimum absolute atomic E-state index is 0.190. The summed E-state index contributed by atoms with van der Waals surface area (Å²) in [4.78, 5) is 18.3. The fourth-order valence-electron chi connectivity index (χ4n) is 2.46. The van der Waals surface area contributed by atoms with E-state index in [2.05, 4.69) is 23.7 Å². The van der Waals surface area contributed by atoms with E-state index in [9.17, 15) is 9.18 Å². The molecule has 19 heavy (non-hydrogen) atoms. The van der Waals surface area contributed by atoms with E-state index < -0.39 is 5.82 Å². The fraction of sp³-hybridized carbons (Fsp3) is 0.538. The first-order chi connectivity index (χ1) is 9.00. The summed E-state index contributed by atoms with van der Waals surface area (Å²) >= 11 is 0. The van der Waals surface area contributed by atoms with Crippen LogP contribution in [0.2, 0.25) is 0 Å². The molecule has 1 fully saturated rings. The molecule has 0 unspecified atom stereocenters. The summed E-state index contributed by atoms with van der Waals surface area (Å²) in [6.45, 7) is 5.02. The van der Waals surface area contributed by atoms with Gasteiger partial charge >= 0.3 is 0 Å². The van der Waals surface area contributed by atoms with E-state index in [1.807, 2.05) is 0 Å². The van der Waals surface area contributed by atoms with Crippen LogP contribution in [-0.4, -0.2) is 34.4 Å². The SMILES string of the molecule is CC(C)N1CCC[C@H]1C(=O)N(N)c1ccc(F)cn1. The Morgan fingerprint density at radius 1 is 1.58 bits per heavy atom. The van der Waals surface area contributed by atoms with E-state index in [0.29, 0.717) is 6.04 Å². The molecule has 2 heterocycles. The van der Waals surface area contributed by atoms with Gasteiger partial charge in [0.15, 0.2) is 0 Å². The average Bonchev–Trinajstić information content (AvgIpc) is 2.87. The summed E-state index contributed by atoms with van der Waals surface area (Å²) in [6, 6.07) is 2.73. The first kappa shape index (κ1) is 13.9. The maximum atomic E-state index is 12.8. The second-order valence-corrected chi connectivity index (χ2v) is 5.03. The number of anilines is 1. The molecule has 1 atom stereocenters. The van der Waals surface area contributed by atoms with Crippen LogP contribution in [-0.2, 0) is 4.79 Å².